The summed E-state index contributed by atoms with van der Waals surface area (Å²) in [5, 5.41) is 1.09. The van der Waals surface area contributed by atoms with Gasteiger partial charge in [-0.15, -0.1) is 0 Å². The Labute approximate surface area is 106 Å². The molecule has 1 heterocycles. The first-order chi connectivity index (χ1) is 8.42. The summed E-state index contributed by atoms with van der Waals surface area (Å²) in [5.74, 6) is 0. The van der Waals surface area contributed by atoms with Crippen LogP contribution in [-0.4, -0.2) is 24.9 Å². The van der Waals surface area contributed by atoms with Crippen LogP contribution in [0.2, 0.25) is 0 Å². The maximum absolute atomic E-state index is 4.60. The maximum atomic E-state index is 4.60. The number of fused-ring (bicyclic) bond motifs is 1. The van der Waals surface area contributed by atoms with Crippen LogP contribution in [0.25, 0.3) is 11.0 Å². The monoisotopic (exact) mass is 288 g/mol. The summed E-state index contributed by atoms with van der Waals surface area (Å²) in [4.78, 5) is 7.98. The molecule has 3 aromatic rings. The number of para-hydroxylation sites is 2. The summed E-state index contributed by atoms with van der Waals surface area (Å²) in [7, 11) is 0. The van der Waals surface area contributed by atoms with Crippen LogP contribution in [0.5, 0.6) is 0 Å². The molecular formula is C14H12N2Se. The van der Waals surface area contributed by atoms with Gasteiger partial charge in [-0.25, -0.2) is 0 Å². The third-order valence-corrected chi connectivity index (χ3v) is 4.57. The second kappa shape index (κ2) is 4.74. The van der Waals surface area contributed by atoms with E-state index in [4.69, 9.17) is 0 Å². The molecule has 3 heteroatoms. The first-order valence-electron chi connectivity index (χ1n) is 5.53. The van der Waals surface area contributed by atoms with Crippen molar-refractivity contribution in [3.8, 4) is 0 Å². The molecule has 0 spiro atoms. The molecule has 0 fully saturated rings. The van der Waals surface area contributed by atoms with E-state index >= 15 is 0 Å². The second-order valence-corrected chi connectivity index (χ2v) is 5.86. The van der Waals surface area contributed by atoms with Crippen LogP contribution in [0.4, 0.5) is 0 Å². The molecule has 17 heavy (non-hydrogen) atoms. The SMILES string of the molecule is c1ccc(C[Se]c2nc3ccccc3[nH]2)cc1. The average molecular weight is 287 g/mol. The number of aromatic nitrogens is 2. The van der Waals surface area contributed by atoms with Gasteiger partial charge in [0.1, 0.15) is 0 Å². The Morgan fingerprint density at radius 2 is 1.71 bits per heavy atom. The molecule has 3 rings (SSSR count). The molecule has 1 aromatic heterocycles. The van der Waals surface area contributed by atoms with E-state index in [0.29, 0.717) is 15.0 Å². The van der Waals surface area contributed by atoms with Crippen molar-refractivity contribution in [2.45, 2.75) is 5.32 Å². The van der Waals surface area contributed by atoms with Gasteiger partial charge in [-0.1, -0.05) is 0 Å². The number of aromatic amines is 1. The van der Waals surface area contributed by atoms with E-state index in [9.17, 15) is 0 Å². The van der Waals surface area contributed by atoms with E-state index in [1.54, 1.807) is 0 Å². The number of H-pyrrole nitrogens is 1. The fourth-order valence-electron chi connectivity index (χ4n) is 1.72. The van der Waals surface area contributed by atoms with Gasteiger partial charge in [-0.3, -0.25) is 0 Å². The van der Waals surface area contributed by atoms with Gasteiger partial charge in [0.15, 0.2) is 0 Å². The average Bonchev–Trinajstić information content (AvgIpc) is 2.80. The standard InChI is InChI=1S/C14H12N2Se/c1-2-6-11(7-3-1)10-17-14-15-12-8-4-5-9-13(12)16-14/h1-9H,10H2,(H,15,16). The number of imidazole rings is 1. The van der Waals surface area contributed by atoms with Gasteiger partial charge in [0.25, 0.3) is 0 Å². The van der Waals surface area contributed by atoms with Crippen LogP contribution in [0.15, 0.2) is 54.6 Å². The molecule has 1 N–H and O–H groups in total. The van der Waals surface area contributed by atoms with Crippen molar-refractivity contribution in [1.82, 2.24) is 9.97 Å². The number of hydrogen-bond acceptors (Lipinski definition) is 1. The molecule has 0 saturated carbocycles. The number of nitrogens with zero attached hydrogens (tertiary/aromatic N) is 1. The molecule has 84 valence electrons. The molecule has 0 radical (unpaired) electrons. The zero-order valence-electron chi connectivity index (χ0n) is 9.26. The third-order valence-electron chi connectivity index (χ3n) is 2.59. The molecule has 0 atom stereocenters. The number of nitrogens with one attached hydrogen (secondary N) is 1. The van der Waals surface area contributed by atoms with E-state index in [0.717, 1.165) is 21.1 Å². The summed E-state index contributed by atoms with van der Waals surface area (Å²) in [6.07, 6.45) is 0. The minimum absolute atomic E-state index is 0.375. The fraction of sp³-hybridized carbons (Fsp3) is 0.0714. The van der Waals surface area contributed by atoms with Crippen molar-refractivity contribution in [1.29, 1.82) is 0 Å². The van der Waals surface area contributed by atoms with Crippen LogP contribution in [0.3, 0.4) is 0 Å². The molecule has 0 saturated heterocycles. The summed E-state index contributed by atoms with van der Waals surface area (Å²) in [6, 6.07) is 18.8. The topological polar surface area (TPSA) is 28.7 Å². The van der Waals surface area contributed by atoms with E-state index in [1.807, 2.05) is 18.2 Å². The Bertz CT molecular complexity index is 583. The minimum atomic E-state index is 0.375. The van der Waals surface area contributed by atoms with Crippen molar-refractivity contribution >= 4 is 30.7 Å². The number of rotatable bonds is 3. The van der Waals surface area contributed by atoms with Crippen LogP contribution in [-0.2, 0) is 5.32 Å². The molecule has 2 aromatic carbocycles. The predicted octanol–water partition coefficient (Wildman–Crippen LogP) is 2.09. The molecule has 0 unspecified atom stereocenters. The van der Waals surface area contributed by atoms with E-state index in [2.05, 4.69) is 46.4 Å². The van der Waals surface area contributed by atoms with Crippen LogP contribution < -0.4 is 4.72 Å². The van der Waals surface area contributed by atoms with Gasteiger partial charge in [-0.05, 0) is 0 Å². The first-order valence-corrected chi connectivity index (χ1v) is 7.60. The molecule has 0 amide bonds. The van der Waals surface area contributed by atoms with E-state index in [1.165, 1.54) is 5.56 Å². The van der Waals surface area contributed by atoms with Crippen molar-refractivity contribution in [2.24, 2.45) is 0 Å². The Kier molecular flexibility index (Phi) is 2.95. The second-order valence-electron chi connectivity index (χ2n) is 3.83. The zero-order valence-corrected chi connectivity index (χ0v) is 11.0. The van der Waals surface area contributed by atoms with Gasteiger partial charge in [-0.2, -0.15) is 0 Å². The molecule has 0 bridgehead atoms. The van der Waals surface area contributed by atoms with Crippen molar-refractivity contribution in [3.05, 3.63) is 60.2 Å². The Hall–Kier alpha value is -1.57. The first kappa shape index (κ1) is 10.6. The van der Waals surface area contributed by atoms with Crippen LogP contribution >= 0.6 is 0 Å². The molecule has 0 aliphatic carbocycles. The predicted molar refractivity (Wildman–Crippen MR) is 71.6 cm³/mol. The van der Waals surface area contributed by atoms with Gasteiger partial charge in [0, 0.05) is 0 Å². The van der Waals surface area contributed by atoms with Crippen molar-refractivity contribution in [2.75, 3.05) is 0 Å². The van der Waals surface area contributed by atoms with E-state index < -0.39 is 0 Å². The Morgan fingerprint density at radius 1 is 0.941 bits per heavy atom. The summed E-state index contributed by atoms with van der Waals surface area (Å²) < 4.78 is 1.13. The molecule has 2 nitrogen and oxygen atoms in total. The summed E-state index contributed by atoms with van der Waals surface area (Å²) in [5.41, 5.74) is 3.59. The summed E-state index contributed by atoms with van der Waals surface area (Å²) in [6.45, 7) is 0. The van der Waals surface area contributed by atoms with Crippen molar-refractivity contribution in [3.63, 3.8) is 0 Å². The molecular weight excluding hydrogens is 275 g/mol. The van der Waals surface area contributed by atoms with Gasteiger partial charge in [0.05, 0.1) is 0 Å². The van der Waals surface area contributed by atoms with Crippen LogP contribution in [0.1, 0.15) is 5.56 Å². The van der Waals surface area contributed by atoms with E-state index in [-0.39, 0.29) is 0 Å². The fourth-order valence-corrected chi connectivity index (χ4v) is 3.49. The zero-order chi connectivity index (χ0) is 11.5. The third kappa shape index (κ3) is 2.41. The quantitative estimate of drug-likeness (QED) is 0.734. The normalized spacial score (nSPS) is 10.8. The molecule has 0 aliphatic rings. The van der Waals surface area contributed by atoms with Gasteiger partial charge in [0.2, 0.25) is 0 Å². The van der Waals surface area contributed by atoms with Crippen LogP contribution in [0, 0.1) is 0 Å². The Morgan fingerprint density at radius 3 is 2.53 bits per heavy atom. The number of benzene rings is 2. The van der Waals surface area contributed by atoms with Crippen molar-refractivity contribution < 1.29 is 0 Å². The number of hydrogen-bond donors (Lipinski definition) is 1. The Balaban J connectivity index is 1.77. The molecule has 0 aliphatic heterocycles. The van der Waals surface area contributed by atoms with Gasteiger partial charge < -0.3 is 0 Å². The van der Waals surface area contributed by atoms with Gasteiger partial charge >= 0.3 is 106 Å². The summed E-state index contributed by atoms with van der Waals surface area (Å²) >= 11 is 0.375.